The minimum absolute atomic E-state index is 0.190. The SMILES string of the molecule is CCCn1nc(C(=O)N/N=C\c2cccc(C)c2)c2ccccc2c1=O. The summed E-state index contributed by atoms with van der Waals surface area (Å²) in [5.41, 5.74) is 4.50. The van der Waals surface area contributed by atoms with E-state index in [1.165, 1.54) is 4.68 Å². The minimum atomic E-state index is -0.449. The van der Waals surface area contributed by atoms with E-state index >= 15 is 0 Å². The summed E-state index contributed by atoms with van der Waals surface area (Å²) in [5.74, 6) is -0.449. The third-order valence-corrected chi connectivity index (χ3v) is 3.94. The first-order valence-electron chi connectivity index (χ1n) is 8.50. The number of carbonyl (C=O) groups excluding carboxylic acids is 1. The highest BCUT2D eigenvalue weighted by Gasteiger charge is 2.15. The number of fused-ring (bicyclic) bond motifs is 1. The summed E-state index contributed by atoms with van der Waals surface area (Å²) < 4.78 is 1.33. The van der Waals surface area contributed by atoms with Crippen molar-refractivity contribution in [3.05, 3.63) is 75.7 Å². The fraction of sp³-hybridized carbons (Fsp3) is 0.200. The Hall–Kier alpha value is -3.28. The molecular weight excluding hydrogens is 328 g/mol. The highest BCUT2D eigenvalue weighted by molar-refractivity contribution is 6.04. The number of carbonyl (C=O) groups is 1. The van der Waals surface area contributed by atoms with Gasteiger partial charge in [-0.15, -0.1) is 0 Å². The molecule has 6 heteroatoms. The fourth-order valence-electron chi connectivity index (χ4n) is 2.74. The van der Waals surface area contributed by atoms with Gasteiger partial charge >= 0.3 is 0 Å². The van der Waals surface area contributed by atoms with Gasteiger partial charge in [0.05, 0.1) is 11.6 Å². The maximum absolute atomic E-state index is 12.6. The summed E-state index contributed by atoms with van der Waals surface area (Å²) in [5, 5.41) is 9.26. The molecule has 0 saturated carbocycles. The fourth-order valence-corrected chi connectivity index (χ4v) is 2.74. The van der Waals surface area contributed by atoms with Crippen molar-refractivity contribution in [1.82, 2.24) is 15.2 Å². The van der Waals surface area contributed by atoms with Crippen molar-refractivity contribution in [2.24, 2.45) is 5.10 Å². The molecule has 1 aromatic heterocycles. The van der Waals surface area contributed by atoms with Gasteiger partial charge in [0.15, 0.2) is 5.69 Å². The van der Waals surface area contributed by atoms with Crippen LogP contribution in [-0.4, -0.2) is 21.9 Å². The van der Waals surface area contributed by atoms with Gasteiger partial charge in [-0.1, -0.05) is 55.0 Å². The molecule has 0 unspecified atom stereocenters. The third-order valence-electron chi connectivity index (χ3n) is 3.94. The van der Waals surface area contributed by atoms with Crippen molar-refractivity contribution in [2.75, 3.05) is 0 Å². The van der Waals surface area contributed by atoms with Crippen molar-refractivity contribution in [3.8, 4) is 0 Å². The molecule has 1 N–H and O–H groups in total. The molecule has 0 aliphatic rings. The molecule has 6 nitrogen and oxygen atoms in total. The number of aromatic nitrogens is 2. The second-order valence-corrected chi connectivity index (χ2v) is 6.04. The lowest BCUT2D eigenvalue weighted by atomic mass is 10.1. The average molecular weight is 348 g/mol. The van der Waals surface area contributed by atoms with Gasteiger partial charge < -0.3 is 0 Å². The summed E-state index contributed by atoms with van der Waals surface area (Å²) >= 11 is 0. The minimum Gasteiger partial charge on any atom is -0.267 e. The van der Waals surface area contributed by atoms with E-state index in [1.807, 2.05) is 38.1 Å². The van der Waals surface area contributed by atoms with Gasteiger partial charge in [-0.2, -0.15) is 10.2 Å². The van der Waals surface area contributed by atoms with E-state index in [4.69, 9.17) is 0 Å². The first-order valence-corrected chi connectivity index (χ1v) is 8.50. The molecule has 0 bridgehead atoms. The lowest BCUT2D eigenvalue weighted by Crippen LogP contribution is -2.29. The summed E-state index contributed by atoms with van der Waals surface area (Å²) in [6.45, 7) is 4.40. The number of amides is 1. The number of hydrazone groups is 1. The first kappa shape index (κ1) is 17.5. The van der Waals surface area contributed by atoms with Crippen molar-refractivity contribution in [3.63, 3.8) is 0 Å². The molecule has 0 atom stereocenters. The molecular formula is C20H20N4O2. The number of benzene rings is 2. The Labute approximate surface area is 151 Å². The largest absolute Gasteiger partial charge is 0.292 e. The quantitative estimate of drug-likeness (QED) is 0.569. The molecule has 0 aliphatic carbocycles. The predicted octanol–water partition coefficient (Wildman–Crippen LogP) is 2.88. The van der Waals surface area contributed by atoms with Gasteiger partial charge in [0.1, 0.15) is 0 Å². The molecule has 1 heterocycles. The van der Waals surface area contributed by atoms with E-state index in [-0.39, 0.29) is 11.3 Å². The third kappa shape index (κ3) is 3.69. The molecule has 2 aromatic carbocycles. The molecule has 1 amide bonds. The molecule has 0 fully saturated rings. The van der Waals surface area contributed by atoms with Crippen LogP contribution in [0.1, 0.15) is 35.0 Å². The maximum Gasteiger partial charge on any atom is 0.292 e. The summed E-state index contributed by atoms with van der Waals surface area (Å²) in [6.07, 6.45) is 2.33. The van der Waals surface area contributed by atoms with Crippen LogP contribution in [0.3, 0.4) is 0 Å². The van der Waals surface area contributed by atoms with Crippen LogP contribution < -0.4 is 11.0 Å². The topological polar surface area (TPSA) is 76.3 Å². The number of nitrogens with zero attached hydrogens (tertiary/aromatic N) is 3. The monoisotopic (exact) mass is 348 g/mol. The molecule has 0 spiro atoms. The Morgan fingerprint density at radius 3 is 2.69 bits per heavy atom. The zero-order valence-electron chi connectivity index (χ0n) is 14.8. The standard InChI is InChI=1S/C20H20N4O2/c1-3-11-24-20(26)17-10-5-4-9-16(17)18(23-24)19(25)22-21-13-15-8-6-7-14(2)12-15/h4-10,12-13H,3,11H2,1-2H3,(H,22,25)/b21-13-. The smallest absolute Gasteiger partial charge is 0.267 e. The lowest BCUT2D eigenvalue weighted by Gasteiger charge is -2.09. The zero-order valence-corrected chi connectivity index (χ0v) is 14.8. The van der Waals surface area contributed by atoms with E-state index in [2.05, 4.69) is 15.6 Å². The Balaban J connectivity index is 1.92. The van der Waals surface area contributed by atoms with Crippen molar-refractivity contribution < 1.29 is 4.79 Å². The van der Waals surface area contributed by atoms with E-state index in [0.29, 0.717) is 17.3 Å². The van der Waals surface area contributed by atoms with E-state index in [9.17, 15) is 9.59 Å². The molecule has 0 radical (unpaired) electrons. The molecule has 132 valence electrons. The normalized spacial score (nSPS) is 11.2. The number of aryl methyl sites for hydroxylation is 2. The Bertz CT molecular complexity index is 1040. The second kappa shape index (κ2) is 7.74. The zero-order chi connectivity index (χ0) is 18.5. The van der Waals surface area contributed by atoms with Gasteiger partial charge in [0.2, 0.25) is 0 Å². The highest BCUT2D eigenvalue weighted by Crippen LogP contribution is 2.13. The number of hydrogen-bond donors (Lipinski definition) is 1. The molecule has 0 aliphatic heterocycles. The van der Waals surface area contributed by atoms with E-state index < -0.39 is 5.91 Å². The van der Waals surface area contributed by atoms with Crippen LogP contribution >= 0.6 is 0 Å². The van der Waals surface area contributed by atoms with Crippen LogP contribution in [0.15, 0.2) is 58.4 Å². The van der Waals surface area contributed by atoms with Crippen LogP contribution in [-0.2, 0) is 6.54 Å². The average Bonchev–Trinajstić information content (AvgIpc) is 2.64. The van der Waals surface area contributed by atoms with Crippen LogP contribution in [0.2, 0.25) is 0 Å². The molecule has 3 aromatic rings. The Kier molecular flexibility index (Phi) is 5.22. The molecule has 0 saturated heterocycles. The maximum atomic E-state index is 12.6. The van der Waals surface area contributed by atoms with Crippen LogP contribution in [0.5, 0.6) is 0 Å². The van der Waals surface area contributed by atoms with Gasteiger partial charge in [-0.05, 0) is 25.0 Å². The predicted molar refractivity (Wildman–Crippen MR) is 103 cm³/mol. The van der Waals surface area contributed by atoms with Gasteiger partial charge in [-0.3, -0.25) is 9.59 Å². The molecule has 3 rings (SSSR count). The highest BCUT2D eigenvalue weighted by atomic mass is 16.2. The van der Waals surface area contributed by atoms with Crippen molar-refractivity contribution >= 4 is 22.9 Å². The summed E-state index contributed by atoms with van der Waals surface area (Å²) in [6, 6.07) is 14.8. The number of rotatable bonds is 5. The Morgan fingerprint density at radius 2 is 1.96 bits per heavy atom. The lowest BCUT2D eigenvalue weighted by molar-refractivity contribution is 0.0949. The van der Waals surface area contributed by atoms with Gasteiger partial charge in [0.25, 0.3) is 11.5 Å². The van der Waals surface area contributed by atoms with E-state index in [0.717, 1.165) is 17.5 Å². The summed E-state index contributed by atoms with van der Waals surface area (Å²) in [4.78, 5) is 25.0. The van der Waals surface area contributed by atoms with Crippen LogP contribution in [0, 0.1) is 6.92 Å². The van der Waals surface area contributed by atoms with Crippen LogP contribution in [0.25, 0.3) is 10.8 Å². The number of hydrogen-bond acceptors (Lipinski definition) is 4. The Morgan fingerprint density at radius 1 is 1.19 bits per heavy atom. The molecule has 26 heavy (non-hydrogen) atoms. The first-order chi connectivity index (χ1) is 12.6. The van der Waals surface area contributed by atoms with Gasteiger partial charge in [-0.25, -0.2) is 10.1 Å². The number of nitrogens with one attached hydrogen (secondary N) is 1. The van der Waals surface area contributed by atoms with Crippen molar-refractivity contribution in [1.29, 1.82) is 0 Å². The van der Waals surface area contributed by atoms with E-state index in [1.54, 1.807) is 30.5 Å². The van der Waals surface area contributed by atoms with Crippen molar-refractivity contribution in [2.45, 2.75) is 26.8 Å². The van der Waals surface area contributed by atoms with Crippen LogP contribution in [0.4, 0.5) is 0 Å². The second-order valence-electron chi connectivity index (χ2n) is 6.04. The summed E-state index contributed by atoms with van der Waals surface area (Å²) in [7, 11) is 0. The van der Waals surface area contributed by atoms with Gasteiger partial charge in [0, 0.05) is 11.9 Å².